The van der Waals surface area contributed by atoms with E-state index in [4.69, 9.17) is 27.6 Å². The van der Waals surface area contributed by atoms with Crippen LogP contribution >= 0.6 is 55.1 Å². The molecule has 3 rings (SSSR count). The maximum atomic E-state index is 6.01. The standard InChI is InChI=1S/C17H11Br2Cl2NO/c18-10-1-4-13(14(19)7-10)17-6-3-12(23-17)9-22-11-2-5-15(20)16(21)8-11/h1-8,22H,9H2. The molecule has 0 bridgehead atoms. The Hall–Kier alpha value is -0.940. The molecular weight excluding hydrogens is 465 g/mol. The van der Waals surface area contributed by atoms with Gasteiger partial charge < -0.3 is 9.73 Å². The number of halogens is 4. The van der Waals surface area contributed by atoms with Crippen molar-refractivity contribution in [2.75, 3.05) is 5.32 Å². The van der Waals surface area contributed by atoms with Gasteiger partial charge in [0, 0.05) is 20.2 Å². The lowest BCUT2D eigenvalue weighted by molar-refractivity contribution is 0.531. The van der Waals surface area contributed by atoms with Crippen molar-refractivity contribution in [3.8, 4) is 11.3 Å². The fourth-order valence-electron chi connectivity index (χ4n) is 2.10. The van der Waals surface area contributed by atoms with Gasteiger partial charge in [0.2, 0.25) is 0 Å². The summed E-state index contributed by atoms with van der Waals surface area (Å²) in [7, 11) is 0. The Morgan fingerprint density at radius 3 is 2.48 bits per heavy atom. The number of nitrogens with one attached hydrogen (secondary N) is 1. The van der Waals surface area contributed by atoms with Crippen LogP contribution in [0.2, 0.25) is 10.0 Å². The molecule has 3 aromatic rings. The van der Waals surface area contributed by atoms with Gasteiger partial charge in [0.15, 0.2) is 0 Å². The molecule has 0 aliphatic heterocycles. The fraction of sp³-hybridized carbons (Fsp3) is 0.0588. The zero-order valence-corrected chi connectivity index (χ0v) is 16.4. The summed E-state index contributed by atoms with van der Waals surface area (Å²) in [6.07, 6.45) is 0. The molecule has 0 aliphatic carbocycles. The molecule has 0 saturated heterocycles. The molecule has 118 valence electrons. The topological polar surface area (TPSA) is 25.2 Å². The Labute approximate surface area is 161 Å². The molecule has 23 heavy (non-hydrogen) atoms. The van der Waals surface area contributed by atoms with Gasteiger partial charge in [-0.05, 0) is 64.5 Å². The van der Waals surface area contributed by atoms with Crippen LogP contribution in [0.3, 0.4) is 0 Å². The predicted octanol–water partition coefficient (Wildman–Crippen LogP) is 7.39. The monoisotopic (exact) mass is 473 g/mol. The first-order chi connectivity index (χ1) is 11.0. The van der Waals surface area contributed by atoms with Crippen LogP contribution in [-0.4, -0.2) is 0 Å². The zero-order valence-electron chi connectivity index (χ0n) is 11.7. The van der Waals surface area contributed by atoms with E-state index >= 15 is 0 Å². The molecule has 0 saturated carbocycles. The van der Waals surface area contributed by atoms with Crippen molar-refractivity contribution in [2.24, 2.45) is 0 Å². The highest BCUT2D eigenvalue weighted by Gasteiger charge is 2.09. The van der Waals surface area contributed by atoms with Crippen molar-refractivity contribution in [1.29, 1.82) is 0 Å². The Balaban J connectivity index is 1.73. The molecule has 6 heteroatoms. The number of benzene rings is 2. The second-order valence-corrected chi connectivity index (χ2v) is 7.46. The first-order valence-corrected chi connectivity index (χ1v) is 9.10. The van der Waals surface area contributed by atoms with Crippen molar-refractivity contribution >= 4 is 60.7 Å². The van der Waals surface area contributed by atoms with Gasteiger partial charge in [0.25, 0.3) is 0 Å². The van der Waals surface area contributed by atoms with Gasteiger partial charge in [-0.1, -0.05) is 39.1 Å². The average Bonchev–Trinajstić information content (AvgIpc) is 2.97. The molecular formula is C17H11Br2Cl2NO. The van der Waals surface area contributed by atoms with E-state index < -0.39 is 0 Å². The number of hydrogen-bond donors (Lipinski definition) is 1. The third kappa shape index (κ3) is 4.13. The number of rotatable bonds is 4. The van der Waals surface area contributed by atoms with E-state index in [1.807, 2.05) is 36.4 Å². The Kier molecular flexibility index (Phi) is 5.37. The summed E-state index contributed by atoms with van der Waals surface area (Å²) in [4.78, 5) is 0. The summed E-state index contributed by atoms with van der Waals surface area (Å²) >= 11 is 18.9. The maximum absolute atomic E-state index is 6.01. The number of hydrogen-bond acceptors (Lipinski definition) is 2. The van der Waals surface area contributed by atoms with E-state index in [9.17, 15) is 0 Å². The molecule has 0 amide bonds. The molecule has 1 aromatic heterocycles. The van der Waals surface area contributed by atoms with Gasteiger partial charge in [-0.25, -0.2) is 0 Å². The van der Waals surface area contributed by atoms with Crippen molar-refractivity contribution in [1.82, 2.24) is 0 Å². The van der Waals surface area contributed by atoms with E-state index in [2.05, 4.69) is 37.2 Å². The van der Waals surface area contributed by atoms with E-state index in [0.717, 1.165) is 31.7 Å². The fourth-order valence-corrected chi connectivity index (χ4v) is 3.64. The lowest BCUT2D eigenvalue weighted by Crippen LogP contribution is -1.97. The predicted molar refractivity (Wildman–Crippen MR) is 103 cm³/mol. The molecule has 1 heterocycles. The van der Waals surface area contributed by atoms with Crippen molar-refractivity contribution < 1.29 is 4.42 Å². The lowest BCUT2D eigenvalue weighted by Gasteiger charge is -2.06. The van der Waals surface area contributed by atoms with Crippen LogP contribution in [0.25, 0.3) is 11.3 Å². The summed E-state index contributed by atoms with van der Waals surface area (Å²) in [6, 6.07) is 15.3. The van der Waals surface area contributed by atoms with Crippen molar-refractivity contribution in [3.05, 3.63) is 73.3 Å². The molecule has 2 nitrogen and oxygen atoms in total. The molecule has 1 N–H and O–H groups in total. The average molecular weight is 476 g/mol. The molecule has 0 atom stereocenters. The summed E-state index contributed by atoms with van der Waals surface area (Å²) < 4.78 is 7.89. The molecule has 2 aromatic carbocycles. The van der Waals surface area contributed by atoms with Gasteiger partial charge in [-0.2, -0.15) is 0 Å². The van der Waals surface area contributed by atoms with Gasteiger partial charge >= 0.3 is 0 Å². The summed E-state index contributed by atoms with van der Waals surface area (Å²) in [5.41, 5.74) is 1.90. The zero-order chi connectivity index (χ0) is 16.4. The quantitative estimate of drug-likeness (QED) is 0.425. The normalized spacial score (nSPS) is 10.8. The van der Waals surface area contributed by atoms with Crippen LogP contribution in [-0.2, 0) is 6.54 Å². The summed E-state index contributed by atoms with van der Waals surface area (Å²) in [5.74, 6) is 1.65. The smallest absolute Gasteiger partial charge is 0.135 e. The van der Waals surface area contributed by atoms with E-state index in [-0.39, 0.29) is 0 Å². The minimum atomic E-state index is 0.524. The third-order valence-corrected chi connectivity index (χ3v) is 5.13. The highest BCUT2D eigenvalue weighted by atomic mass is 79.9. The van der Waals surface area contributed by atoms with E-state index in [0.29, 0.717) is 16.6 Å². The Bertz CT molecular complexity index is 848. The molecule has 0 radical (unpaired) electrons. The Morgan fingerprint density at radius 2 is 1.74 bits per heavy atom. The first-order valence-electron chi connectivity index (χ1n) is 6.76. The maximum Gasteiger partial charge on any atom is 0.135 e. The SMILES string of the molecule is Clc1ccc(NCc2ccc(-c3ccc(Br)cc3Br)o2)cc1Cl. The molecule has 0 spiro atoms. The third-order valence-electron chi connectivity index (χ3n) is 3.24. The highest BCUT2D eigenvalue weighted by molar-refractivity contribution is 9.11. The Morgan fingerprint density at radius 1 is 0.913 bits per heavy atom. The van der Waals surface area contributed by atoms with Crippen LogP contribution < -0.4 is 5.32 Å². The minimum Gasteiger partial charge on any atom is -0.459 e. The summed E-state index contributed by atoms with van der Waals surface area (Å²) in [5, 5.41) is 4.32. The number of furan rings is 1. The summed E-state index contributed by atoms with van der Waals surface area (Å²) in [6.45, 7) is 0.562. The first kappa shape index (κ1) is 16.9. The van der Waals surface area contributed by atoms with Crippen LogP contribution in [0.5, 0.6) is 0 Å². The van der Waals surface area contributed by atoms with Crippen LogP contribution in [0.4, 0.5) is 5.69 Å². The van der Waals surface area contributed by atoms with Gasteiger partial charge in [0.1, 0.15) is 11.5 Å². The van der Waals surface area contributed by atoms with Crippen LogP contribution in [0.1, 0.15) is 5.76 Å². The second kappa shape index (κ2) is 7.31. The largest absolute Gasteiger partial charge is 0.459 e. The van der Waals surface area contributed by atoms with E-state index in [1.165, 1.54) is 0 Å². The second-order valence-electron chi connectivity index (χ2n) is 4.87. The van der Waals surface area contributed by atoms with Gasteiger partial charge in [0.05, 0.1) is 16.6 Å². The van der Waals surface area contributed by atoms with Gasteiger partial charge in [-0.3, -0.25) is 0 Å². The van der Waals surface area contributed by atoms with Crippen molar-refractivity contribution in [3.63, 3.8) is 0 Å². The van der Waals surface area contributed by atoms with Crippen LogP contribution in [0.15, 0.2) is 61.9 Å². The van der Waals surface area contributed by atoms with Crippen LogP contribution in [0, 0.1) is 0 Å². The molecule has 0 fully saturated rings. The number of anilines is 1. The molecule has 0 aliphatic rings. The van der Waals surface area contributed by atoms with Crippen molar-refractivity contribution in [2.45, 2.75) is 6.54 Å². The lowest BCUT2D eigenvalue weighted by atomic mass is 10.2. The van der Waals surface area contributed by atoms with Gasteiger partial charge in [-0.15, -0.1) is 0 Å². The van der Waals surface area contributed by atoms with E-state index in [1.54, 1.807) is 12.1 Å². The highest BCUT2D eigenvalue weighted by Crippen LogP contribution is 2.32. The minimum absolute atomic E-state index is 0.524. The molecule has 0 unspecified atom stereocenters.